The summed E-state index contributed by atoms with van der Waals surface area (Å²) in [4.78, 5) is 61.1. The Morgan fingerprint density at radius 3 is 1.84 bits per heavy atom. The van der Waals surface area contributed by atoms with Gasteiger partial charge >= 0.3 is 5.97 Å². The van der Waals surface area contributed by atoms with Gasteiger partial charge in [0.15, 0.2) is 0 Å². The van der Waals surface area contributed by atoms with Crippen molar-refractivity contribution in [2.75, 3.05) is 79.3 Å². The van der Waals surface area contributed by atoms with Gasteiger partial charge in [0.1, 0.15) is 6.04 Å². The number of benzene rings is 1. The first-order chi connectivity index (χ1) is 20.9. The number of hydrogen-bond acceptors (Lipinski definition) is 11. The average molecular weight is 609 g/mol. The van der Waals surface area contributed by atoms with Crippen molar-refractivity contribution < 1.29 is 57.5 Å². The summed E-state index contributed by atoms with van der Waals surface area (Å²) in [6.07, 6.45) is 1.33. The second-order valence-corrected chi connectivity index (χ2v) is 9.71. The fourth-order valence-electron chi connectivity index (χ4n) is 4.52. The zero-order chi connectivity index (χ0) is 30.9. The third-order valence-corrected chi connectivity index (χ3v) is 6.61. The van der Waals surface area contributed by atoms with Gasteiger partial charge in [-0.25, -0.2) is 0 Å². The first-order valence-electron chi connectivity index (χ1n) is 14.4. The van der Waals surface area contributed by atoms with E-state index in [0.717, 1.165) is 10.5 Å². The highest BCUT2D eigenvalue weighted by Gasteiger charge is 2.45. The highest BCUT2D eigenvalue weighted by Crippen LogP contribution is 2.30. The van der Waals surface area contributed by atoms with Gasteiger partial charge in [-0.3, -0.25) is 34.2 Å². The molecule has 0 bridgehead atoms. The number of nitrogens with zero attached hydrogens (tertiary/aromatic N) is 1. The maximum atomic E-state index is 13.1. The van der Waals surface area contributed by atoms with Crippen LogP contribution in [-0.4, -0.2) is 125 Å². The molecule has 1 unspecified atom stereocenters. The molecule has 238 valence electrons. The lowest BCUT2D eigenvalue weighted by Gasteiger charge is -2.27. The Balaban J connectivity index is 1.16. The molecule has 43 heavy (non-hydrogen) atoms. The van der Waals surface area contributed by atoms with Gasteiger partial charge in [-0.15, -0.1) is 0 Å². The van der Waals surface area contributed by atoms with E-state index in [0.29, 0.717) is 91.1 Å². The molecule has 3 rings (SSSR count). The van der Waals surface area contributed by atoms with E-state index >= 15 is 0 Å². The number of carbonyl (C=O) groups excluding carboxylic acids is 4. The van der Waals surface area contributed by atoms with Crippen molar-refractivity contribution >= 4 is 29.6 Å². The number of nitrogens with one attached hydrogen (secondary N) is 1. The van der Waals surface area contributed by atoms with Gasteiger partial charge in [-0.05, 0) is 30.9 Å². The molecule has 14 heteroatoms. The van der Waals surface area contributed by atoms with E-state index in [-0.39, 0.29) is 31.4 Å². The molecule has 0 aromatic heterocycles. The summed E-state index contributed by atoms with van der Waals surface area (Å²) in [5.41, 5.74) is 1.31. The predicted octanol–water partition coefficient (Wildman–Crippen LogP) is 0.595. The number of aryl methyl sites for hydroxylation is 1. The van der Waals surface area contributed by atoms with Crippen molar-refractivity contribution in [1.82, 2.24) is 10.2 Å². The number of piperidine rings is 1. The number of fused-ring (bicyclic) bond motifs is 1. The Kier molecular flexibility index (Phi) is 15.2. The van der Waals surface area contributed by atoms with Crippen LogP contribution >= 0.6 is 0 Å². The van der Waals surface area contributed by atoms with Gasteiger partial charge in [0, 0.05) is 13.0 Å². The molecule has 1 aromatic rings. The number of aliphatic carboxylic acids is 1. The first-order valence-corrected chi connectivity index (χ1v) is 14.4. The van der Waals surface area contributed by atoms with E-state index in [1.807, 2.05) is 0 Å². The topological polar surface area (TPSA) is 176 Å². The van der Waals surface area contributed by atoms with Crippen LogP contribution in [-0.2, 0) is 49.2 Å². The largest absolute Gasteiger partial charge is 0.481 e. The molecule has 0 saturated carbocycles. The predicted molar refractivity (Wildman–Crippen MR) is 149 cm³/mol. The molecule has 2 N–H and O–H groups in total. The molecule has 1 atom stereocenters. The van der Waals surface area contributed by atoms with Crippen molar-refractivity contribution in [2.45, 2.75) is 38.1 Å². The van der Waals surface area contributed by atoms with Gasteiger partial charge in [-0.2, -0.15) is 0 Å². The van der Waals surface area contributed by atoms with Gasteiger partial charge in [-0.1, -0.05) is 12.1 Å². The van der Waals surface area contributed by atoms with Gasteiger partial charge in [0.05, 0.1) is 90.2 Å². The second-order valence-electron chi connectivity index (χ2n) is 9.71. The zero-order valence-corrected chi connectivity index (χ0v) is 24.2. The summed E-state index contributed by atoms with van der Waals surface area (Å²) >= 11 is 0. The minimum absolute atomic E-state index is 0.0206. The molecule has 0 spiro atoms. The molecule has 4 amide bonds. The number of hydrogen-bond donors (Lipinski definition) is 2. The van der Waals surface area contributed by atoms with Crippen molar-refractivity contribution in [3.05, 3.63) is 34.9 Å². The SMILES string of the molecule is O=C(O)CCOCCOCCOCCOCCOCCOCCCc1cccc2c1C(=O)N(C1CCC(=O)NC1=O)C2=O. The highest BCUT2D eigenvalue weighted by atomic mass is 16.6. The van der Waals surface area contributed by atoms with Crippen molar-refractivity contribution in [1.29, 1.82) is 0 Å². The van der Waals surface area contributed by atoms with Crippen LogP contribution < -0.4 is 5.32 Å². The lowest BCUT2D eigenvalue weighted by atomic mass is 9.99. The van der Waals surface area contributed by atoms with E-state index in [1.54, 1.807) is 18.2 Å². The van der Waals surface area contributed by atoms with Crippen LogP contribution in [0, 0.1) is 0 Å². The summed E-state index contributed by atoms with van der Waals surface area (Å²) in [6.45, 7) is 4.71. The number of carboxylic acids is 1. The maximum absolute atomic E-state index is 13.1. The number of rotatable bonds is 23. The molecule has 1 saturated heterocycles. The van der Waals surface area contributed by atoms with Crippen LogP contribution in [0.2, 0.25) is 0 Å². The number of amides is 4. The number of imide groups is 2. The van der Waals surface area contributed by atoms with Crippen LogP contribution in [0.5, 0.6) is 0 Å². The summed E-state index contributed by atoms with van der Waals surface area (Å²) in [6, 6.07) is 4.12. The molecule has 1 fully saturated rings. The molecule has 2 aliphatic rings. The molecule has 0 radical (unpaired) electrons. The first kappa shape index (κ1) is 34.2. The molecule has 2 heterocycles. The molecule has 0 aliphatic carbocycles. The third-order valence-electron chi connectivity index (χ3n) is 6.61. The standard InChI is InChI=1S/C29H40N2O12/c32-24-7-6-23(27(35)30-24)31-28(36)22-5-1-3-21(26(22)29(31)37)4-2-9-38-11-13-40-15-17-42-19-20-43-18-16-41-14-12-39-10-8-25(33)34/h1,3,5,23H,2,4,6-20H2,(H,33,34)(H,30,32,35). The van der Waals surface area contributed by atoms with Crippen LogP contribution in [0.4, 0.5) is 0 Å². The Labute approximate surface area is 249 Å². The fourth-order valence-corrected chi connectivity index (χ4v) is 4.52. The van der Waals surface area contributed by atoms with Crippen LogP contribution in [0.15, 0.2) is 18.2 Å². The van der Waals surface area contributed by atoms with E-state index < -0.39 is 35.6 Å². The van der Waals surface area contributed by atoms with E-state index in [1.165, 1.54) is 0 Å². The van der Waals surface area contributed by atoms with E-state index in [2.05, 4.69) is 5.32 Å². The molecule has 1 aromatic carbocycles. The Bertz CT molecular complexity index is 1100. The zero-order valence-electron chi connectivity index (χ0n) is 24.2. The Morgan fingerprint density at radius 2 is 1.30 bits per heavy atom. The third kappa shape index (κ3) is 11.4. The van der Waals surface area contributed by atoms with Gasteiger partial charge in [0.25, 0.3) is 11.8 Å². The van der Waals surface area contributed by atoms with Crippen molar-refractivity contribution in [3.63, 3.8) is 0 Å². The highest BCUT2D eigenvalue weighted by molar-refractivity contribution is 6.24. The fraction of sp³-hybridized carbons (Fsp3) is 0.621. The number of carboxylic acid groups (broad SMARTS) is 1. The normalized spacial score (nSPS) is 16.6. The minimum Gasteiger partial charge on any atom is -0.481 e. The molecule has 14 nitrogen and oxygen atoms in total. The van der Waals surface area contributed by atoms with Crippen molar-refractivity contribution in [2.24, 2.45) is 0 Å². The quantitative estimate of drug-likeness (QED) is 0.131. The number of ether oxygens (including phenoxy) is 6. The van der Waals surface area contributed by atoms with Gasteiger partial charge in [0.2, 0.25) is 11.8 Å². The summed E-state index contributed by atoms with van der Waals surface area (Å²) in [7, 11) is 0. The van der Waals surface area contributed by atoms with Crippen molar-refractivity contribution in [3.8, 4) is 0 Å². The Morgan fingerprint density at radius 1 is 0.767 bits per heavy atom. The summed E-state index contributed by atoms with van der Waals surface area (Å²) in [5.74, 6) is -2.94. The van der Waals surface area contributed by atoms with Gasteiger partial charge < -0.3 is 33.5 Å². The molecular weight excluding hydrogens is 568 g/mol. The lowest BCUT2D eigenvalue weighted by Crippen LogP contribution is -2.54. The van der Waals surface area contributed by atoms with E-state index in [4.69, 9.17) is 33.5 Å². The average Bonchev–Trinajstić information content (AvgIpc) is 3.23. The second kappa shape index (κ2) is 19.1. The maximum Gasteiger partial charge on any atom is 0.305 e. The minimum atomic E-state index is -0.984. The monoisotopic (exact) mass is 608 g/mol. The molecule has 2 aliphatic heterocycles. The molecular formula is C29H40N2O12. The lowest BCUT2D eigenvalue weighted by molar-refractivity contribution is -0.138. The summed E-state index contributed by atoms with van der Waals surface area (Å²) < 4.78 is 32.3. The Hall–Kier alpha value is -3.27. The smallest absolute Gasteiger partial charge is 0.305 e. The van der Waals surface area contributed by atoms with Crippen LogP contribution in [0.25, 0.3) is 0 Å². The number of carbonyl (C=O) groups is 5. The van der Waals surface area contributed by atoms with E-state index in [9.17, 15) is 24.0 Å². The summed E-state index contributed by atoms with van der Waals surface area (Å²) in [5, 5.41) is 10.7. The van der Waals surface area contributed by atoms with Crippen LogP contribution in [0.1, 0.15) is 52.0 Å². The van der Waals surface area contributed by atoms with Crippen LogP contribution in [0.3, 0.4) is 0 Å².